The number of hydrogen-bond acceptors (Lipinski definition) is 6. The van der Waals surface area contributed by atoms with E-state index in [0.717, 1.165) is 38.8 Å². The highest BCUT2D eigenvalue weighted by Crippen LogP contribution is 2.40. The first-order valence-electron chi connectivity index (χ1n) is 11.5. The predicted octanol–water partition coefficient (Wildman–Crippen LogP) is 5.95. The smallest absolute Gasteiger partial charge is 0.331 e. The topological polar surface area (TPSA) is 77.7 Å². The van der Waals surface area contributed by atoms with Crippen molar-refractivity contribution >= 4 is 56.8 Å². The van der Waals surface area contributed by atoms with Crippen molar-refractivity contribution in [3.63, 3.8) is 0 Å². The maximum atomic E-state index is 13.3. The molecule has 0 saturated carbocycles. The Morgan fingerprint density at radius 3 is 2.51 bits per heavy atom. The van der Waals surface area contributed by atoms with Gasteiger partial charge in [-0.25, -0.2) is 4.79 Å². The fraction of sp³-hybridized carbons (Fsp3) is 0.214. The molecule has 0 spiro atoms. The van der Waals surface area contributed by atoms with Crippen molar-refractivity contribution in [1.29, 1.82) is 0 Å². The van der Waals surface area contributed by atoms with Gasteiger partial charge in [0.25, 0.3) is 0 Å². The van der Waals surface area contributed by atoms with Gasteiger partial charge in [0.05, 0.1) is 10.8 Å². The summed E-state index contributed by atoms with van der Waals surface area (Å²) < 4.78 is 2.20. The average molecular weight is 485 g/mol. The second-order valence-electron chi connectivity index (χ2n) is 8.63. The van der Waals surface area contributed by atoms with Crippen molar-refractivity contribution < 1.29 is 19.2 Å². The summed E-state index contributed by atoms with van der Waals surface area (Å²) in [6, 6.07) is 17.2. The average Bonchev–Trinajstić information content (AvgIpc) is 3.14. The van der Waals surface area contributed by atoms with E-state index < -0.39 is 5.97 Å². The molecular weight excluding hydrogens is 460 g/mol. The van der Waals surface area contributed by atoms with Crippen molar-refractivity contribution in [2.24, 2.45) is 5.16 Å². The molecule has 1 unspecified atom stereocenters. The van der Waals surface area contributed by atoms with E-state index in [0.29, 0.717) is 16.7 Å². The molecule has 35 heavy (non-hydrogen) atoms. The largest absolute Gasteiger partial charge is 0.341 e. The molecule has 0 aliphatic carbocycles. The number of ketones is 2. The van der Waals surface area contributed by atoms with Gasteiger partial charge >= 0.3 is 5.97 Å². The molecule has 3 aromatic carbocycles. The number of aromatic nitrogens is 1. The van der Waals surface area contributed by atoms with E-state index in [1.165, 1.54) is 18.7 Å². The van der Waals surface area contributed by atoms with Gasteiger partial charge in [0.2, 0.25) is 5.78 Å². The van der Waals surface area contributed by atoms with E-state index in [1.54, 1.807) is 0 Å². The Morgan fingerprint density at radius 2 is 1.80 bits per heavy atom. The van der Waals surface area contributed by atoms with Gasteiger partial charge < -0.3 is 9.40 Å². The molecule has 5 rings (SSSR count). The number of nitrogens with zero attached hydrogens (tertiary/aromatic N) is 2. The Hall–Kier alpha value is -3.71. The molecule has 0 amide bonds. The summed E-state index contributed by atoms with van der Waals surface area (Å²) in [5.41, 5.74) is 4.96. The van der Waals surface area contributed by atoms with Crippen LogP contribution in [0.4, 0.5) is 0 Å². The Bertz CT molecular complexity index is 1580. The summed E-state index contributed by atoms with van der Waals surface area (Å²) in [5, 5.41) is 5.40. The van der Waals surface area contributed by atoms with Crippen molar-refractivity contribution in [3.05, 3.63) is 76.9 Å². The third-order valence-corrected chi connectivity index (χ3v) is 7.54. The monoisotopic (exact) mass is 484 g/mol. The van der Waals surface area contributed by atoms with E-state index in [2.05, 4.69) is 16.6 Å². The van der Waals surface area contributed by atoms with Crippen LogP contribution in [0.15, 0.2) is 64.6 Å². The lowest BCUT2D eigenvalue weighted by atomic mass is 9.97. The highest BCUT2D eigenvalue weighted by Gasteiger charge is 2.32. The summed E-state index contributed by atoms with van der Waals surface area (Å²) in [7, 11) is 0. The van der Waals surface area contributed by atoms with Crippen LogP contribution in [0.5, 0.6) is 0 Å². The number of carbonyl (C=O) groups is 3. The highest BCUT2D eigenvalue weighted by atomic mass is 32.2. The minimum absolute atomic E-state index is 0.0309. The van der Waals surface area contributed by atoms with E-state index in [-0.39, 0.29) is 22.5 Å². The summed E-state index contributed by atoms with van der Waals surface area (Å²) in [5.74, 6) is -0.851. The predicted molar refractivity (Wildman–Crippen MR) is 139 cm³/mol. The maximum absolute atomic E-state index is 13.3. The zero-order valence-corrected chi connectivity index (χ0v) is 20.7. The van der Waals surface area contributed by atoms with Gasteiger partial charge in [-0.2, -0.15) is 0 Å². The summed E-state index contributed by atoms with van der Waals surface area (Å²) in [6.07, 6.45) is 0. The fourth-order valence-corrected chi connectivity index (χ4v) is 5.76. The van der Waals surface area contributed by atoms with E-state index in [4.69, 9.17) is 4.84 Å². The number of carbonyl (C=O) groups excluding carboxylic acids is 3. The zero-order valence-electron chi connectivity index (χ0n) is 19.9. The van der Waals surface area contributed by atoms with Crippen LogP contribution in [-0.2, 0) is 16.2 Å². The van der Waals surface area contributed by atoms with Crippen molar-refractivity contribution in [2.45, 2.75) is 44.4 Å². The van der Waals surface area contributed by atoms with Gasteiger partial charge in [0.15, 0.2) is 5.78 Å². The number of aryl methyl sites for hydroxylation is 2. The standard InChI is InChI=1S/C28H24N2O4S/c1-5-30-23-11-10-18(27(32)19-9-7-6-8-15(19)2)12-20(23)21-13-22-25(14-24(21)30)35-16(3)26(28(22)33)29-34-17(4)31/h6-14,16H,5H2,1-4H3/b29-26+. The fourth-order valence-electron chi connectivity index (χ4n) is 4.66. The molecule has 0 radical (unpaired) electrons. The molecule has 0 saturated heterocycles. The van der Waals surface area contributed by atoms with Crippen LogP contribution < -0.4 is 0 Å². The Balaban J connectivity index is 1.69. The first-order valence-corrected chi connectivity index (χ1v) is 12.3. The SMILES string of the molecule is CCn1c2ccc(C(=O)c3ccccc3C)cc2c2cc3c(cc21)SC(C)/C(=N\OC(C)=O)C3=O. The van der Waals surface area contributed by atoms with Crippen LogP contribution in [0.2, 0.25) is 0 Å². The molecule has 1 atom stereocenters. The number of oxime groups is 1. The van der Waals surface area contributed by atoms with Crippen LogP contribution in [0.3, 0.4) is 0 Å². The molecule has 0 bridgehead atoms. The highest BCUT2D eigenvalue weighted by molar-refractivity contribution is 8.01. The second-order valence-corrected chi connectivity index (χ2v) is 10.0. The number of Topliss-reactive ketones (excluding diaryl/α,β-unsaturated/α-hetero) is 1. The molecule has 176 valence electrons. The number of fused-ring (bicyclic) bond motifs is 4. The van der Waals surface area contributed by atoms with Gasteiger partial charge in [-0.15, -0.1) is 11.8 Å². The van der Waals surface area contributed by atoms with Gasteiger partial charge in [0.1, 0.15) is 5.71 Å². The normalized spacial score (nSPS) is 16.6. The van der Waals surface area contributed by atoms with Crippen LogP contribution in [0.1, 0.15) is 52.6 Å². The first-order chi connectivity index (χ1) is 16.8. The van der Waals surface area contributed by atoms with Crippen LogP contribution in [-0.4, -0.2) is 33.1 Å². The maximum Gasteiger partial charge on any atom is 0.331 e. The van der Waals surface area contributed by atoms with Crippen molar-refractivity contribution in [2.75, 3.05) is 0 Å². The molecule has 1 aromatic heterocycles. The number of benzene rings is 3. The molecule has 6 nitrogen and oxygen atoms in total. The molecule has 0 N–H and O–H groups in total. The molecule has 1 aliphatic rings. The van der Waals surface area contributed by atoms with E-state index in [1.807, 2.05) is 68.4 Å². The van der Waals surface area contributed by atoms with Crippen LogP contribution in [0, 0.1) is 6.92 Å². The quantitative estimate of drug-likeness (QED) is 0.203. The minimum Gasteiger partial charge on any atom is -0.341 e. The Morgan fingerprint density at radius 1 is 1.06 bits per heavy atom. The lowest BCUT2D eigenvalue weighted by molar-refractivity contribution is -0.140. The van der Waals surface area contributed by atoms with Gasteiger partial charge in [0, 0.05) is 51.3 Å². The summed E-state index contributed by atoms with van der Waals surface area (Å²) in [4.78, 5) is 43.5. The molecule has 7 heteroatoms. The third kappa shape index (κ3) is 3.86. The number of rotatable bonds is 4. The van der Waals surface area contributed by atoms with Crippen molar-refractivity contribution in [3.8, 4) is 0 Å². The van der Waals surface area contributed by atoms with E-state index in [9.17, 15) is 14.4 Å². The first kappa shape index (κ1) is 23.1. The van der Waals surface area contributed by atoms with Gasteiger partial charge in [-0.1, -0.05) is 29.4 Å². The van der Waals surface area contributed by atoms with Crippen molar-refractivity contribution in [1.82, 2.24) is 4.57 Å². The Kier molecular flexibility index (Phi) is 5.81. The van der Waals surface area contributed by atoms with Gasteiger partial charge in [-0.05, 0) is 56.7 Å². The zero-order chi connectivity index (χ0) is 24.9. The number of thioether (sulfide) groups is 1. The lowest BCUT2D eigenvalue weighted by Gasteiger charge is -2.21. The molecule has 4 aromatic rings. The number of hydrogen-bond donors (Lipinski definition) is 0. The Labute approximate surface area is 206 Å². The molecule has 0 fully saturated rings. The van der Waals surface area contributed by atoms with Crippen LogP contribution in [0.25, 0.3) is 21.8 Å². The lowest BCUT2D eigenvalue weighted by Crippen LogP contribution is -2.29. The van der Waals surface area contributed by atoms with Gasteiger partial charge in [-0.3, -0.25) is 9.59 Å². The summed E-state index contributed by atoms with van der Waals surface area (Å²) >= 11 is 1.52. The third-order valence-electron chi connectivity index (χ3n) is 6.37. The summed E-state index contributed by atoms with van der Waals surface area (Å²) in [6.45, 7) is 7.88. The second kappa shape index (κ2) is 8.82. The molecular formula is C28H24N2O4S. The minimum atomic E-state index is -0.569. The molecule has 2 heterocycles. The molecule has 1 aliphatic heterocycles. The van der Waals surface area contributed by atoms with E-state index >= 15 is 0 Å². The van der Waals surface area contributed by atoms with Crippen LogP contribution >= 0.6 is 11.8 Å².